The zero-order valence-electron chi connectivity index (χ0n) is 19.4. The summed E-state index contributed by atoms with van der Waals surface area (Å²) in [6.07, 6.45) is 1.27. The van der Waals surface area contributed by atoms with Crippen LogP contribution in [0.3, 0.4) is 0 Å². The van der Waals surface area contributed by atoms with Crippen molar-refractivity contribution in [2.75, 3.05) is 7.11 Å². The van der Waals surface area contributed by atoms with Gasteiger partial charge in [-0.3, -0.25) is 4.79 Å². The van der Waals surface area contributed by atoms with Crippen molar-refractivity contribution in [2.45, 2.75) is 71.5 Å². The molecule has 31 heavy (non-hydrogen) atoms. The number of rotatable bonds is 9. The van der Waals surface area contributed by atoms with E-state index in [2.05, 4.69) is 6.92 Å². The van der Waals surface area contributed by atoms with Crippen LogP contribution in [0.1, 0.15) is 76.2 Å². The average molecular weight is 427 g/mol. The minimum Gasteiger partial charge on any atom is -0.473 e. The standard InChI is InChI=1S/C26H34O5/c1-7-13-18-16-12-17-21(20(8-2)24(27)29-6)22(18)30-23(19-14-10-9-11-15-19)25(28)31-26(3,4)5/h9-12,14-17,20,23H,7-8,13H2,1-6H3. The molecule has 0 radical (unpaired) electrons. The minimum absolute atomic E-state index is 0.325. The molecule has 0 aliphatic heterocycles. The second-order valence-corrected chi connectivity index (χ2v) is 8.51. The number of para-hydroxylation sites is 1. The zero-order chi connectivity index (χ0) is 23.0. The number of ether oxygens (including phenoxy) is 3. The van der Waals surface area contributed by atoms with Crippen LogP contribution in [-0.4, -0.2) is 24.6 Å². The van der Waals surface area contributed by atoms with E-state index in [4.69, 9.17) is 14.2 Å². The van der Waals surface area contributed by atoms with E-state index in [0.29, 0.717) is 17.7 Å². The highest BCUT2D eigenvalue weighted by Crippen LogP contribution is 2.37. The van der Waals surface area contributed by atoms with Crippen molar-refractivity contribution in [3.05, 3.63) is 65.2 Å². The summed E-state index contributed by atoms with van der Waals surface area (Å²) in [5, 5.41) is 0. The molecule has 2 aromatic rings. The van der Waals surface area contributed by atoms with E-state index in [0.717, 1.165) is 24.0 Å². The van der Waals surface area contributed by atoms with Crippen LogP contribution in [0.2, 0.25) is 0 Å². The Hall–Kier alpha value is -2.82. The molecule has 2 aromatic carbocycles. The van der Waals surface area contributed by atoms with E-state index in [-0.39, 0.29) is 5.97 Å². The van der Waals surface area contributed by atoms with Gasteiger partial charge in [-0.05, 0) is 39.2 Å². The molecule has 0 N–H and O–H groups in total. The summed E-state index contributed by atoms with van der Waals surface area (Å²) in [7, 11) is 1.38. The highest BCUT2D eigenvalue weighted by molar-refractivity contribution is 5.80. The summed E-state index contributed by atoms with van der Waals surface area (Å²) < 4.78 is 17.1. The second-order valence-electron chi connectivity index (χ2n) is 8.51. The first-order valence-corrected chi connectivity index (χ1v) is 10.9. The van der Waals surface area contributed by atoms with Crippen molar-refractivity contribution in [2.24, 2.45) is 0 Å². The maximum Gasteiger partial charge on any atom is 0.352 e. The van der Waals surface area contributed by atoms with Gasteiger partial charge in [0.2, 0.25) is 6.10 Å². The third-order valence-corrected chi connectivity index (χ3v) is 4.87. The van der Waals surface area contributed by atoms with Gasteiger partial charge < -0.3 is 14.2 Å². The van der Waals surface area contributed by atoms with Crippen LogP contribution >= 0.6 is 0 Å². The Bertz CT molecular complexity index is 867. The molecule has 5 heteroatoms. The minimum atomic E-state index is -0.952. The largest absolute Gasteiger partial charge is 0.473 e. The molecule has 0 bridgehead atoms. The number of aryl methyl sites for hydroxylation is 1. The average Bonchev–Trinajstić information content (AvgIpc) is 2.73. The number of esters is 2. The smallest absolute Gasteiger partial charge is 0.352 e. The lowest BCUT2D eigenvalue weighted by Crippen LogP contribution is -2.30. The van der Waals surface area contributed by atoms with Crippen molar-refractivity contribution in [3.63, 3.8) is 0 Å². The Labute approximate surface area is 185 Å². The highest BCUT2D eigenvalue weighted by atomic mass is 16.6. The number of hydrogen-bond donors (Lipinski definition) is 0. The van der Waals surface area contributed by atoms with Crippen LogP contribution in [0.5, 0.6) is 5.75 Å². The Morgan fingerprint density at radius 1 is 0.935 bits per heavy atom. The van der Waals surface area contributed by atoms with Gasteiger partial charge in [0.05, 0.1) is 13.0 Å². The number of carbonyl (C=O) groups is 2. The van der Waals surface area contributed by atoms with Crippen LogP contribution in [0.15, 0.2) is 48.5 Å². The summed E-state index contributed by atoms with van der Waals surface area (Å²) in [6.45, 7) is 9.49. The third kappa shape index (κ3) is 6.58. The summed E-state index contributed by atoms with van der Waals surface area (Å²) in [6, 6.07) is 15.1. The van der Waals surface area contributed by atoms with Gasteiger partial charge in [0.25, 0.3) is 0 Å². The van der Waals surface area contributed by atoms with Crippen LogP contribution in [0.4, 0.5) is 0 Å². The lowest BCUT2D eigenvalue weighted by molar-refractivity contribution is -0.163. The van der Waals surface area contributed by atoms with Gasteiger partial charge in [-0.15, -0.1) is 0 Å². The molecule has 0 heterocycles. The third-order valence-electron chi connectivity index (χ3n) is 4.87. The van der Waals surface area contributed by atoms with Crippen molar-refractivity contribution in [1.82, 2.24) is 0 Å². The van der Waals surface area contributed by atoms with Crippen LogP contribution in [0, 0.1) is 0 Å². The SMILES string of the molecule is CCCc1cccc(C(CC)C(=O)OC)c1OC(C(=O)OC(C)(C)C)c1ccccc1. The fourth-order valence-electron chi connectivity index (χ4n) is 3.50. The first kappa shape index (κ1) is 24.4. The number of methoxy groups -OCH3 is 1. The highest BCUT2D eigenvalue weighted by Gasteiger charge is 2.32. The van der Waals surface area contributed by atoms with E-state index < -0.39 is 23.6 Å². The molecule has 0 spiro atoms. The summed E-state index contributed by atoms with van der Waals surface area (Å²) in [5.41, 5.74) is 1.72. The van der Waals surface area contributed by atoms with E-state index in [1.165, 1.54) is 7.11 Å². The maximum atomic E-state index is 13.1. The Morgan fingerprint density at radius 2 is 1.61 bits per heavy atom. The molecule has 0 aliphatic carbocycles. The van der Waals surface area contributed by atoms with Gasteiger partial charge in [-0.1, -0.05) is 68.8 Å². The predicted octanol–water partition coefficient (Wildman–Crippen LogP) is 5.77. The number of benzene rings is 2. The van der Waals surface area contributed by atoms with E-state index in [9.17, 15) is 9.59 Å². The van der Waals surface area contributed by atoms with Crippen molar-refractivity contribution in [3.8, 4) is 5.75 Å². The Kier molecular flexibility index (Phi) is 8.66. The molecule has 0 amide bonds. The first-order valence-electron chi connectivity index (χ1n) is 10.9. The molecular formula is C26H34O5. The topological polar surface area (TPSA) is 61.8 Å². The van der Waals surface area contributed by atoms with Gasteiger partial charge >= 0.3 is 11.9 Å². The monoisotopic (exact) mass is 426 g/mol. The quantitative estimate of drug-likeness (QED) is 0.477. The van der Waals surface area contributed by atoms with Crippen LogP contribution in [0.25, 0.3) is 0 Å². The van der Waals surface area contributed by atoms with Crippen LogP contribution in [-0.2, 0) is 25.5 Å². The summed E-state index contributed by atoms with van der Waals surface area (Å²) in [4.78, 5) is 25.6. The lowest BCUT2D eigenvalue weighted by atomic mass is 9.92. The Balaban J connectivity index is 2.58. The molecular weight excluding hydrogens is 392 g/mol. The molecule has 0 saturated heterocycles. The van der Waals surface area contributed by atoms with Gasteiger partial charge in [0.15, 0.2) is 0 Å². The molecule has 0 aliphatic rings. The first-order chi connectivity index (χ1) is 14.7. The fourth-order valence-corrected chi connectivity index (χ4v) is 3.50. The molecule has 2 unspecified atom stereocenters. The summed E-state index contributed by atoms with van der Waals surface area (Å²) in [5.74, 6) is -0.718. The van der Waals surface area contributed by atoms with E-state index in [1.807, 2.05) is 76.2 Å². The Morgan fingerprint density at radius 3 is 2.16 bits per heavy atom. The van der Waals surface area contributed by atoms with E-state index >= 15 is 0 Å². The number of carbonyl (C=O) groups excluding carboxylic acids is 2. The van der Waals surface area contributed by atoms with Gasteiger partial charge in [0.1, 0.15) is 11.4 Å². The van der Waals surface area contributed by atoms with E-state index in [1.54, 1.807) is 0 Å². The normalized spacial score (nSPS) is 13.2. The molecule has 168 valence electrons. The zero-order valence-corrected chi connectivity index (χ0v) is 19.4. The molecule has 0 aromatic heterocycles. The molecule has 2 rings (SSSR count). The van der Waals surface area contributed by atoms with Crippen molar-refractivity contribution < 1.29 is 23.8 Å². The molecule has 2 atom stereocenters. The molecule has 0 saturated carbocycles. The van der Waals surface area contributed by atoms with Crippen molar-refractivity contribution in [1.29, 1.82) is 0 Å². The number of hydrogen-bond acceptors (Lipinski definition) is 5. The predicted molar refractivity (Wildman–Crippen MR) is 121 cm³/mol. The van der Waals surface area contributed by atoms with Crippen LogP contribution < -0.4 is 4.74 Å². The summed E-state index contributed by atoms with van der Waals surface area (Å²) >= 11 is 0. The molecule has 0 fully saturated rings. The van der Waals surface area contributed by atoms with Gasteiger partial charge in [0, 0.05) is 11.1 Å². The van der Waals surface area contributed by atoms with Gasteiger partial charge in [-0.2, -0.15) is 0 Å². The fraction of sp³-hybridized carbons (Fsp3) is 0.462. The lowest BCUT2D eigenvalue weighted by Gasteiger charge is -2.27. The van der Waals surface area contributed by atoms with Crippen molar-refractivity contribution >= 4 is 11.9 Å². The maximum absolute atomic E-state index is 13.1. The van der Waals surface area contributed by atoms with Gasteiger partial charge in [-0.25, -0.2) is 4.79 Å². The molecule has 5 nitrogen and oxygen atoms in total. The second kappa shape index (κ2) is 11.0.